The summed E-state index contributed by atoms with van der Waals surface area (Å²) in [5, 5.41) is 23.5. The van der Waals surface area contributed by atoms with Gasteiger partial charge in [0.25, 0.3) is 11.7 Å². The van der Waals surface area contributed by atoms with Crippen molar-refractivity contribution in [2.75, 3.05) is 41.3 Å². The molecule has 0 spiro atoms. The second-order valence-electron chi connectivity index (χ2n) is 20.3. The summed E-state index contributed by atoms with van der Waals surface area (Å²) in [6.45, 7) is 15.4. The molecule has 0 radical (unpaired) electrons. The number of aliphatic hydroxyl groups excluding tert-OH is 1. The Bertz CT molecular complexity index is 1830. The van der Waals surface area contributed by atoms with Crippen molar-refractivity contribution in [3.63, 3.8) is 0 Å². The lowest BCUT2D eigenvalue weighted by atomic mass is 9.78. The van der Waals surface area contributed by atoms with Crippen LogP contribution in [0, 0.1) is 35.5 Å². The number of ether oxygens (including phenoxy) is 7. The van der Waals surface area contributed by atoms with E-state index in [9.17, 15) is 34.2 Å². The van der Waals surface area contributed by atoms with Crippen LogP contribution < -0.4 is 0 Å². The molecule has 1 aliphatic carbocycles. The van der Waals surface area contributed by atoms with E-state index in [0.29, 0.717) is 63.5 Å². The SMILES string of the molecule is CCOCO[C@@H]1CCC(C[C@@H](C)[C@@H]2CC(=O)[C@H](C)/C=C(\C)[C@@H](O)[C@@H](OC)C(=O)[C@H](C)C[C@H](C)/C=C/C=C/C=C(\C)[C@@H](OC)C[C@@H]3CC[C@@H](C)[C@@](O)(O3)C(=O)C(=O)N3CCCC[C@H]3C(=O)O2)C[C@H]1OC. The van der Waals surface area contributed by atoms with Gasteiger partial charge in [0.15, 0.2) is 5.78 Å². The fourth-order valence-corrected chi connectivity index (χ4v) is 10.5. The molecule has 0 aromatic heterocycles. The average Bonchev–Trinajstić information content (AvgIpc) is 3.33. The largest absolute Gasteiger partial charge is 0.460 e. The number of hydrogen-bond acceptors (Lipinski definition) is 14. The fourth-order valence-electron chi connectivity index (χ4n) is 10.5. The maximum Gasteiger partial charge on any atom is 0.329 e. The van der Waals surface area contributed by atoms with Gasteiger partial charge in [-0.3, -0.25) is 19.2 Å². The summed E-state index contributed by atoms with van der Waals surface area (Å²) in [4.78, 5) is 72.3. The molecular formula is C54H85NO14. The van der Waals surface area contributed by atoms with Crippen LogP contribution in [0.1, 0.15) is 132 Å². The number of methoxy groups -OCH3 is 3. The minimum absolute atomic E-state index is 0.0193. The Balaban J connectivity index is 1.69. The predicted octanol–water partition coefficient (Wildman–Crippen LogP) is 7.20. The van der Waals surface area contributed by atoms with Crippen LogP contribution in [0.5, 0.6) is 0 Å². The van der Waals surface area contributed by atoms with Crippen LogP contribution in [0.15, 0.2) is 47.6 Å². The van der Waals surface area contributed by atoms with Gasteiger partial charge in [0.2, 0.25) is 5.79 Å². The standard InChI is InChI=1S/C54H85NO14/c1-12-66-32-67-44-24-22-40(29-47(44)64-10)28-36(5)46-31-43(56)35(4)27-38(7)49(58)50(65-11)48(57)37(6)26-33(2)18-14-13-15-19-34(3)45(63-9)30-41-23-21-39(8)54(62,69-41)51(59)52(60)55-25-17-16-20-42(55)53(61)68-46/h13-15,18-19,27,33,35-37,39-42,44-47,49-50,58,62H,12,16-17,20-26,28-32H2,1-11H3/b15-13+,18-14+,34-19+,38-27+/t33-,35-,36-,37-,39-,40?,41+,42+,44-,45+,46+,47-,49-,50+,54-/m1/s1. The molecule has 1 unspecified atom stereocenters. The molecule has 15 atom stereocenters. The van der Waals surface area contributed by atoms with E-state index >= 15 is 0 Å². The van der Waals surface area contributed by atoms with Gasteiger partial charge in [-0.15, -0.1) is 0 Å². The number of carbonyl (C=O) groups excluding carboxylic acids is 5. The van der Waals surface area contributed by atoms with E-state index in [0.717, 1.165) is 18.4 Å². The third-order valence-electron chi connectivity index (χ3n) is 15.0. The van der Waals surface area contributed by atoms with Crippen molar-refractivity contribution in [3.8, 4) is 0 Å². The Morgan fingerprint density at radius 1 is 0.855 bits per heavy atom. The number of esters is 1. The third-order valence-corrected chi connectivity index (χ3v) is 15.0. The molecule has 3 fully saturated rings. The maximum atomic E-state index is 14.5. The Morgan fingerprint density at radius 2 is 1.59 bits per heavy atom. The second kappa shape index (κ2) is 28.0. The van der Waals surface area contributed by atoms with Gasteiger partial charge in [0.05, 0.1) is 24.4 Å². The van der Waals surface area contributed by atoms with Crippen LogP contribution in [0.2, 0.25) is 0 Å². The van der Waals surface area contributed by atoms with Crippen LogP contribution >= 0.6 is 0 Å². The van der Waals surface area contributed by atoms with E-state index in [2.05, 4.69) is 0 Å². The van der Waals surface area contributed by atoms with Crippen LogP contribution in [-0.4, -0.2) is 140 Å². The first-order chi connectivity index (χ1) is 32.8. The Morgan fingerprint density at radius 3 is 2.28 bits per heavy atom. The number of cyclic esters (lactones) is 1. The van der Waals surface area contributed by atoms with Gasteiger partial charge in [0.1, 0.15) is 36.9 Å². The minimum Gasteiger partial charge on any atom is -0.460 e. The zero-order chi connectivity index (χ0) is 51.0. The smallest absolute Gasteiger partial charge is 0.329 e. The number of piperidine rings is 1. The van der Waals surface area contributed by atoms with Crippen molar-refractivity contribution < 1.29 is 67.3 Å². The van der Waals surface area contributed by atoms with Gasteiger partial charge in [0, 0.05) is 65.1 Å². The number of carbonyl (C=O) groups is 5. The topological polar surface area (TPSA) is 194 Å². The quantitative estimate of drug-likeness (QED) is 0.0734. The molecule has 15 nitrogen and oxygen atoms in total. The highest BCUT2D eigenvalue weighted by Gasteiger charge is 2.53. The van der Waals surface area contributed by atoms with Crippen molar-refractivity contribution in [1.82, 2.24) is 4.90 Å². The first kappa shape index (κ1) is 58.2. The fraction of sp³-hybridized carbons (Fsp3) is 0.759. The minimum atomic E-state index is -2.43. The molecule has 4 rings (SSSR count). The number of amides is 1. The van der Waals surface area contributed by atoms with Crippen molar-refractivity contribution >= 4 is 29.2 Å². The number of ketones is 3. The molecule has 2 saturated heterocycles. The van der Waals surface area contributed by atoms with Crippen LogP contribution in [0.4, 0.5) is 0 Å². The van der Waals surface area contributed by atoms with E-state index < -0.39 is 77.8 Å². The number of rotatable bonds is 10. The molecule has 1 amide bonds. The number of fused-ring (bicyclic) bond motifs is 3. The second-order valence-corrected chi connectivity index (χ2v) is 20.3. The first-order valence-corrected chi connectivity index (χ1v) is 25.5. The van der Waals surface area contributed by atoms with Gasteiger partial charge in [-0.2, -0.15) is 0 Å². The van der Waals surface area contributed by atoms with E-state index in [1.165, 1.54) is 12.0 Å². The summed E-state index contributed by atoms with van der Waals surface area (Å²) >= 11 is 0. The number of nitrogens with zero attached hydrogens (tertiary/aromatic N) is 1. The summed E-state index contributed by atoms with van der Waals surface area (Å²) in [6, 6.07) is -1.14. The molecule has 3 heterocycles. The monoisotopic (exact) mass is 972 g/mol. The number of allylic oxidation sites excluding steroid dienone is 6. The Kier molecular flexibility index (Phi) is 23.6. The molecule has 4 aliphatic rings. The zero-order valence-electron chi connectivity index (χ0n) is 43.4. The van der Waals surface area contributed by atoms with Crippen LogP contribution in [-0.2, 0) is 57.1 Å². The highest BCUT2D eigenvalue weighted by atomic mass is 16.7. The van der Waals surface area contributed by atoms with E-state index in [1.807, 2.05) is 65.0 Å². The van der Waals surface area contributed by atoms with Gasteiger partial charge in [-0.1, -0.05) is 71.1 Å². The molecule has 0 aromatic rings. The molecule has 15 heteroatoms. The molecule has 0 aromatic carbocycles. The molecule has 69 heavy (non-hydrogen) atoms. The summed E-state index contributed by atoms with van der Waals surface area (Å²) in [5.74, 6) is -7.86. The lowest BCUT2D eigenvalue weighted by Gasteiger charge is -2.42. The zero-order valence-corrected chi connectivity index (χ0v) is 43.4. The van der Waals surface area contributed by atoms with Crippen molar-refractivity contribution in [3.05, 3.63) is 47.6 Å². The molecule has 2 N–H and O–H groups in total. The third kappa shape index (κ3) is 16.0. The van der Waals surface area contributed by atoms with Gasteiger partial charge >= 0.3 is 5.97 Å². The first-order valence-electron chi connectivity index (χ1n) is 25.5. The number of aliphatic hydroxyl groups is 2. The van der Waals surface area contributed by atoms with Gasteiger partial charge in [-0.05, 0) is 114 Å². The van der Waals surface area contributed by atoms with Gasteiger partial charge in [-0.25, -0.2) is 4.79 Å². The summed E-state index contributed by atoms with van der Waals surface area (Å²) < 4.78 is 41.2. The lowest BCUT2D eigenvalue weighted by molar-refractivity contribution is -0.265. The predicted molar refractivity (Wildman–Crippen MR) is 260 cm³/mol. The molecule has 3 aliphatic heterocycles. The lowest BCUT2D eigenvalue weighted by Crippen LogP contribution is -2.61. The van der Waals surface area contributed by atoms with Crippen molar-refractivity contribution in [2.45, 2.75) is 187 Å². The molecule has 2 bridgehead atoms. The molecule has 390 valence electrons. The summed E-state index contributed by atoms with van der Waals surface area (Å²) in [5.41, 5.74) is 1.28. The normalized spacial score (nSPS) is 38.8. The van der Waals surface area contributed by atoms with Crippen LogP contribution in [0.3, 0.4) is 0 Å². The molecular weight excluding hydrogens is 887 g/mol. The highest BCUT2D eigenvalue weighted by Crippen LogP contribution is 2.38. The average molecular weight is 972 g/mol. The Hall–Kier alpha value is -3.41. The van der Waals surface area contributed by atoms with Crippen molar-refractivity contribution in [2.24, 2.45) is 35.5 Å². The van der Waals surface area contributed by atoms with E-state index in [1.54, 1.807) is 41.1 Å². The Labute approximate surface area is 411 Å². The summed E-state index contributed by atoms with van der Waals surface area (Å²) in [6.07, 6.45) is 12.3. The molecule has 1 saturated carbocycles. The van der Waals surface area contributed by atoms with Gasteiger partial charge < -0.3 is 48.3 Å². The highest BCUT2D eigenvalue weighted by molar-refractivity contribution is 6.39. The van der Waals surface area contributed by atoms with Crippen LogP contribution in [0.25, 0.3) is 0 Å². The van der Waals surface area contributed by atoms with E-state index in [-0.39, 0.29) is 67.7 Å². The summed E-state index contributed by atoms with van der Waals surface area (Å²) in [7, 11) is 4.62. The van der Waals surface area contributed by atoms with Crippen molar-refractivity contribution in [1.29, 1.82) is 0 Å². The maximum absolute atomic E-state index is 14.5. The number of hydrogen-bond donors (Lipinski definition) is 2. The van der Waals surface area contributed by atoms with E-state index in [4.69, 9.17) is 33.2 Å². The number of Topliss-reactive ketones (excluding diaryl/α,β-unsaturated/α-hetero) is 3.